The van der Waals surface area contributed by atoms with Crippen molar-refractivity contribution in [1.82, 2.24) is 0 Å². The molecule has 0 N–H and O–H groups in total. The zero-order valence-corrected chi connectivity index (χ0v) is 36.1. The largest absolute Gasteiger partial charge is 0.309 e. The second kappa shape index (κ2) is 16.4. The summed E-state index contributed by atoms with van der Waals surface area (Å²) in [6, 6.07) is 90.9. The van der Waals surface area contributed by atoms with Crippen LogP contribution in [0.4, 0.5) is 17.1 Å². The summed E-state index contributed by atoms with van der Waals surface area (Å²) in [7, 11) is 0. The van der Waals surface area contributed by atoms with Crippen molar-refractivity contribution >= 4 is 17.1 Å². The summed E-state index contributed by atoms with van der Waals surface area (Å²) >= 11 is 0. The Morgan fingerprint density at radius 1 is 0.266 bits per heavy atom. The van der Waals surface area contributed by atoms with Crippen LogP contribution in [0.5, 0.6) is 0 Å². The number of hydrogen-bond acceptors (Lipinski definition) is 1. The maximum Gasteiger partial charge on any atom is 0.0546 e. The predicted octanol–water partition coefficient (Wildman–Crippen LogP) is 17.5. The standard InChI is InChI=1S/C63H47N/c1-63(2)58-30-16-14-27-55(58)56-42-39-50(43-59(56)63)53-26-15-17-31-60(53)64(51-40-37-47(38-41-51)46-35-33-45(34-36-46)44-19-6-3-7-20-44)61-32-18-29-54(49-23-10-5-11-24-49)62(61)57-28-13-12-25-52(57)48-21-8-4-9-22-48/h3-43H,1-2H3. The van der Waals surface area contributed by atoms with E-state index in [0.29, 0.717) is 0 Å². The van der Waals surface area contributed by atoms with E-state index in [9.17, 15) is 0 Å². The highest BCUT2D eigenvalue weighted by molar-refractivity contribution is 6.03. The zero-order valence-electron chi connectivity index (χ0n) is 36.1. The van der Waals surface area contributed by atoms with Crippen molar-refractivity contribution in [3.05, 3.63) is 260 Å². The number of anilines is 3. The number of para-hydroxylation sites is 1. The summed E-state index contributed by atoms with van der Waals surface area (Å²) in [6.07, 6.45) is 0. The molecule has 10 aromatic rings. The smallest absolute Gasteiger partial charge is 0.0546 e. The molecule has 0 bridgehead atoms. The Labute approximate surface area is 377 Å². The van der Waals surface area contributed by atoms with Gasteiger partial charge in [0.25, 0.3) is 0 Å². The molecule has 10 aromatic carbocycles. The monoisotopic (exact) mass is 817 g/mol. The molecule has 0 unspecified atom stereocenters. The van der Waals surface area contributed by atoms with E-state index in [1.165, 1.54) is 89.0 Å². The third-order valence-electron chi connectivity index (χ3n) is 13.1. The van der Waals surface area contributed by atoms with Crippen molar-refractivity contribution in [2.45, 2.75) is 19.3 Å². The Hall–Kier alpha value is -8.00. The molecule has 0 amide bonds. The molecule has 0 heterocycles. The first-order chi connectivity index (χ1) is 31.5. The first-order valence-corrected chi connectivity index (χ1v) is 22.3. The minimum atomic E-state index is -0.121. The van der Waals surface area contributed by atoms with Crippen LogP contribution >= 0.6 is 0 Å². The van der Waals surface area contributed by atoms with E-state index in [2.05, 4.69) is 267 Å². The van der Waals surface area contributed by atoms with Crippen LogP contribution in [0.15, 0.2) is 249 Å². The van der Waals surface area contributed by atoms with E-state index in [4.69, 9.17) is 0 Å². The third-order valence-corrected chi connectivity index (χ3v) is 13.1. The molecule has 0 aromatic heterocycles. The van der Waals surface area contributed by atoms with Crippen LogP contribution in [0, 0.1) is 0 Å². The van der Waals surface area contributed by atoms with Crippen molar-refractivity contribution in [2.75, 3.05) is 4.90 Å². The van der Waals surface area contributed by atoms with Crippen molar-refractivity contribution in [2.24, 2.45) is 0 Å². The number of rotatable bonds is 9. The maximum absolute atomic E-state index is 2.49. The minimum absolute atomic E-state index is 0.121. The number of hydrogen-bond donors (Lipinski definition) is 0. The van der Waals surface area contributed by atoms with Crippen molar-refractivity contribution in [3.63, 3.8) is 0 Å². The van der Waals surface area contributed by atoms with Crippen LogP contribution in [-0.2, 0) is 5.41 Å². The molecule has 0 spiro atoms. The summed E-state index contributed by atoms with van der Waals surface area (Å²) in [5.74, 6) is 0. The molecule has 0 aliphatic heterocycles. The van der Waals surface area contributed by atoms with E-state index in [1.807, 2.05) is 0 Å². The van der Waals surface area contributed by atoms with Gasteiger partial charge in [-0.25, -0.2) is 0 Å². The molecule has 0 saturated heterocycles. The molecular weight excluding hydrogens is 771 g/mol. The lowest BCUT2D eigenvalue weighted by Gasteiger charge is -2.32. The van der Waals surface area contributed by atoms with Crippen molar-refractivity contribution in [3.8, 4) is 77.9 Å². The quantitative estimate of drug-likeness (QED) is 0.140. The molecule has 1 nitrogen and oxygen atoms in total. The Bertz CT molecular complexity index is 3260. The van der Waals surface area contributed by atoms with Gasteiger partial charge in [0.15, 0.2) is 0 Å². The molecule has 0 radical (unpaired) electrons. The molecule has 1 aliphatic carbocycles. The highest BCUT2D eigenvalue weighted by Gasteiger charge is 2.35. The highest BCUT2D eigenvalue weighted by Crippen LogP contribution is 2.52. The average molecular weight is 818 g/mol. The van der Waals surface area contributed by atoms with Gasteiger partial charge in [0, 0.05) is 22.2 Å². The fraction of sp³-hybridized carbons (Fsp3) is 0.0476. The molecule has 304 valence electrons. The van der Waals surface area contributed by atoms with Gasteiger partial charge in [0.1, 0.15) is 0 Å². The zero-order chi connectivity index (χ0) is 43.0. The lowest BCUT2D eigenvalue weighted by molar-refractivity contribution is 0.660. The number of benzene rings is 10. The summed E-state index contributed by atoms with van der Waals surface area (Å²) in [5, 5.41) is 0. The topological polar surface area (TPSA) is 3.24 Å². The van der Waals surface area contributed by atoms with Crippen LogP contribution in [0.25, 0.3) is 77.9 Å². The summed E-state index contributed by atoms with van der Waals surface area (Å²) in [4.78, 5) is 2.49. The van der Waals surface area contributed by atoms with Gasteiger partial charge in [0.2, 0.25) is 0 Å². The van der Waals surface area contributed by atoms with Gasteiger partial charge in [-0.2, -0.15) is 0 Å². The third kappa shape index (κ3) is 6.93. The fourth-order valence-corrected chi connectivity index (χ4v) is 9.92. The Morgan fingerprint density at radius 3 is 1.33 bits per heavy atom. The molecule has 1 heteroatoms. The Balaban J connectivity index is 1.13. The van der Waals surface area contributed by atoms with Crippen LogP contribution < -0.4 is 4.90 Å². The van der Waals surface area contributed by atoms with Gasteiger partial charge in [0.05, 0.1) is 11.4 Å². The summed E-state index contributed by atoms with van der Waals surface area (Å²) < 4.78 is 0. The van der Waals surface area contributed by atoms with E-state index in [-0.39, 0.29) is 5.41 Å². The summed E-state index contributed by atoms with van der Waals surface area (Å²) in [5.41, 5.74) is 22.8. The molecule has 1 aliphatic rings. The summed E-state index contributed by atoms with van der Waals surface area (Å²) in [6.45, 7) is 4.73. The van der Waals surface area contributed by atoms with Gasteiger partial charge in [-0.15, -0.1) is 0 Å². The molecule has 0 saturated carbocycles. The predicted molar refractivity (Wildman–Crippen MR) is 271 cm³/mol. The van der Waals surface area contributed by atoms with E-state index in [0.717, 1.165) is 17.1 Å². The van der Waals surface area contributed by atoms with Crippen molar-refractivity contribution in [1.29, 1.82) is 0 Å². The van der Waals surface area contributed by atoms with Gasteiger partial charge in [-0.05, 0) is 108 Å². The minimum Gasteiger partial charge on any atom is -0.309 e. The molecular formula is C63H47N. The molecule has 11 rings (SSSR count). The molecule has 64 heavy (non-hydrogen) atoms. The second-order valence-electron chi connectivity index (χ2n) is 17.3. The number of nitrogens with zero attached hydrogens (tertiary/aromatic N) is 1. The Kier molecular flexibility index (Phi) is 9.94. The lowest BCUT2D eigenvalue weighted by Crippen LogP contribution is -2.15. The van der Waals surface area contributed by atoms with Gasteiger partial charge in [-0.1, -0.05) is 232 Å². The van der Waals surface area contributed by atoms with Gasteiger partial charge in [-0.3, -0.25) is 0 Å². The molecule has 0 atom stereocenters. The maximum atomic E-state index is 2.49. The average Bonchev–Trinajstić information content (AvgIpc) is 3.60. The van der Waals surface area contributed by atoms with Crippen LogP contribution in [-0.4, -0.2) is 0 Å². The SMILES string of the molecule is CC1(C)c2ccccc2-c2ccc(-c3ccccc3N(c3ccc(-c4ccc(-c5ccccc5)cc4)cc3)c3cccc(-c4ccccc4)c3-c3ccccc3-c3ccccc3)cc21. The van der Waals surface area contributed by atoms with Crippen LogP contribution in [0.2, 0.25) is 0 Å². The first kappa shape index (κ1) is 38.9. The van der Waals surface area contributed by atoms with Gasteiger partial charge >= 0.3 is 0 Å². The normalized spacial score (nSPS) is 12.3. The fourth-order valence-electron chi connectivity index (χ4n) is 9.92. The van der Waals surface area contributed by atoms with Crippen molar-refractivity contribution < 1.29 is 0 Å². The van der Waals surface area contributed by atoms with Gasteiger partial charge < -0.3 is 4.90 Å². The first-order valence-electron chi connectivity index (χ1n) is 22.3. The van der Waals surface area contributed by atoms with E-state index < -0.39 is 0 Å². The highest BCUT2D eigenvalue weighted by atomic mass is 15.1. The lowest BCUT2D eigenvalue weighted by atomic mass is 9.81. The number of fused-ring (bicyclic) bond motifs is 3. The van der Waals surface area contributed by atoms with Crippen LogP contribution in [0.3, 0.4) is 0 Å². The molecule has 0 fully saturated rings. The van der Waals surface area contributed by atoms with E-state index in [1.54, 1.807) is 0 Å². The second-order valence-corrected chi connectivity index (χ2v) is 17.3. The van der Waals surface area contributed by atoms with E-state index >= 15 is 0 Å². The van der Waals surface area contributed by atoms with Crippen LogP contribution in [0.1, 0.15) is 25.0 Å². The Morgan fingerprint density at radius 2 is 0.688 bits per heavy atom.